The summed E-state index contributed by atoms with van der Waals surface area (Å²) in [6.45, 7) is 13.2. The number of aliphatic hydroxyl groups is 1. The maximum Gasteiger partial charge on any atom is 0.310 e. The summed E-state index contributed by atoms with van der Waals surface area (Å²) >= 11 is 0. The Morgan fingerprint density at radius 3 is 2.33 bits per heavy atom. The van der Waals surface area contributed by atoms with E-state index in [0.717, 1.165) is 0 Å². The molecule has 0 radical (unpaired) electrons. The quantitative estimate of drug-likeness (QED) is 0.484. The lowest BCUT2D eigenvalue weighted by Crippen LogP contribution is -2.56. The van der Waals surface area contributed by atoms with E-state index in [9.17, 15) is 19.5 Å². The fourth-order valence-electron chi connectivity index (χ4n) is 4.81. The average molecular weight is 423 g/mol. The topological polar surface area (TPSA) is 95.9 Å². The third-order valence-corrected chi connectivity index (χ3v) is 6.16. The monoisotopic (exact) mass is 422 g/mol. The van der Waals surface area contributed by atoms with Crippen molar-refractivity contribution >= 4 is 17.8 Å². The molecule has 1 aliphatic heterocycles. The number of esters is 1. The molecule has 1 saturated heterocycles. The molecule has 0 bridgehead atoms. The van der Waals surface area contributed by atoms with Crippen molar-refractivity contribution in [3.8, 4) is 0 Å². The number of nitrogens with one attached hydrogen (secondary N) is 1. The number of amides is 2. The van der Waals surface area contributed by atoms with Crippen molar-refractivity contribution < 1.29 is 24.2 Å². The van der Waals surface area contributed by atoms with Gasteiger partial charge >= 0.3 is 5.97 Å². The molecule has 1 aliphatic carbocycles. The van der Waals surface area contributed by atoms with Crippen molar-refractivity contribution in [2.45, 2.75) is 72.5 Å². The highest BCUT2D eigenvalue weighted by atomic mass is 16.5. The summed E-state index contributed by atoms with van der Waals surface area (Å²) in [5, 5.41) is 13.1. The zero-order chi connectivity index (χ0) is 22.8. The molecule has 7 nitrogen and oxygen atoms in total. The minimum absolute atomic E-state index is 0.0453. The summed E-state index contributed by atoms with van der Waals surface area (Å²) in [5.74, 6) is -2.79. The molecule has 170 valence electrons. The fourth-order valence-corrected chi connectivity index (χ4v) is 4.81. The van der Waals surface area contributed by atoms with Gasteiger partial charge in [0.05, 0.1) is 31.1 Å². The van der Waals surface area contributed by atoms with Crippen LogP contribution in [0, 0.1) is 29.6 Å². The van der Waals surface area contributed by atoms with Crippen molar-refractivity contribution in [3.05, 3.63) is 12.2 Å². The second-order valence-corrected chi connectivity index (χ2v) is 9.76. The van der Waals surface area contributed by atoms with E-state index < -0.39 is 35.4 Å². The van der Waals surface area contributed by atoms with Crippen LogP contribution in [-0.4, -0.2) is 58.6 Å². The second-order valence-electron chi connectivity index (χ2n) is 9.76. The number of likely N-dealkylation sites (tertiary alicyclic amines) is 1. The Balaban J connectivity index is 2.56. The zero-order valence-corrected chi connectivity index (χ0v) is 19.3. The van der Waals surface area contributed by atoms with Gasteiger partial charge in [-0.05, 0) is 46.0 Å². The highest BCUT2D eigenvalue weighted by Gasteiger charge is 2.59. The Hall–Kier alpha value is -1.89. The van der Waals surface area contributed by atoms with E-state index in [1.54, 1.807) is 6.92 Å². The smallest absolute Gasteiger partial charge is 0.310 e. The van der Waals surface area contributed by atoms with Crippen molar-refractivity contribution in [2.24, 2.45) is 29.6 Å². The first-order valence-electron chi connectivity index (χ1n) is 11.1. The van der Waals surface area contributed by atoms with Crippen LogP contribution in [0.25, 0.3) is 0 Å². The molecule has 0 aromatic rings. The molecule has 2 rings (SSSR count). The molecule has 0 unspecified atom stereocenters. The van der Waals surface area contributed by atoms with E-state index in [2.05, 4.69) is 5.32 Å². The molecule has 0 aromatic heterocycles. The van der Waals surface area contributed by atoms with Gasteiger partial charge in [-0.15, -0.1) is 0 Å². The molecule has 2 aliphatic rings. The Bertz CT molecular complexity index is 682. The first kappa shape index (κ1) is 24.4. The Morgan fingerprint density at radius 1 is 1.23 bits per heavy atom. The highest BCUT2D eigenvalue weighted by Crippen LogP contribution is 2.46. The summed E-state index contributed by atoms with van der Waals surface area (Å²) in [5.41, 5.74) is -0.471. The van der Waals surface area contributed by atoms with Gasteiger partial charge in [0.1, 0.15) is 6.04 Å². The Kier molecular flexibility index (Phi) is 7.72. The lowest BCUT2D eigenvalue weighted by molar-refractivity contribution is -0.156. The molecular weight excluding hydrogens is 384 g/mol. The SMILES string of the molecule is CCOC(=O)[C@H]1[C@H]2C(=O)N([C@@H](CO)C(C)C)[C@H](C(=O)NC(C)(C)C)[C@H]2C=C[C@H]1CC. The summed E-state index contributed by atoms with van der Waals surface area (Å²) in [6, 6.07) is -1.28. The number of hydrogen-bond acceptors (Lipinski definition) is 5. The van der Waals surface area contributed by atoms with Crippen LogP contribution in [0.3, 0.4) is 0 Å². The van der Waals surface area contributed by atoms with Gasteiger partial charge in [-0.1, -0.05) is 32.9 Å². The molecule has 2 N–H and O–H groups in total. The van der Waals surface area contributed by atoms with Crippen LogP contribution in [0.5, 0.6) is 0 Å². The number of hydrogen-bond donors (Lipinski definition) is 2. The van der Waals surface area contributed by atoms with E-state index in [1.807, 2.05) is 53.7 Å². The predicted octanol–water partition coefficient (Wildman–Crippen LogP) is 2.14. The van der Waals surface area contributed by atoms with Gasteiger partial charge in [0.15, 0.2) is 0 Å². The van der Waals surface area contributed by atoms with Crippen LogP contribution in [0.15, 0.2) is 12.2 Å². The van der Waals surface area contributed by atoms with Crippen LogP contribution < -0.4 is 5.32 Å². The van der Waals surface area contributed by atoms with Crippen LogP contribution in [0.2, 0.25) is 0 Å². The summed E-state index contributed by atoms with van der Waals surface area (Å²) in [6.07, 6.45) is 4.58. The maximum absolute atomic E-state index is 13.7. The Labute approximate surface area is 180 Å². The first-order chi connectivity index (χ1) is 14.0. The molecular formula is C23H38N2O5. The zero-order valence-electron chi connectivity index (χ0n) is 19.3. The maximum atomic E-state index is 13.7. The minimum Gasteiger partial charge on any atom is -0.466 e. The van der Waals surface area contributed by atoms with E-state index >= 15 is 0 Å². The van der Waals surface area contributed by atoms with Crippen LogP contribution in [0.4, 0.5) is 0 Å². The third-order valence-electron chi connectivity index (χ3n) is 6.16. The lowest BCUT2D eigenvalue weighted by atomic mass is 9.69. The van der Waals surface area contributed by atoms with Crippen LogP contribution >= 0.6 is 0 Å². The van der Waals surface area contributed by atoms with Crippen LogP contribution in [-0.2, 0) is 19.1 Å². The number of carbonyl (C=O) groups excluding carboxylic acids is 3. The second kappa shape index (κ2) is 9.50. The largest absolute Gasteiger partial charge is 0.466 e. The van der Waals surface area contributed by atoms with Gasteiger partial charge < -0.3 is 20.1 Å². The van der Waals surface area contributed by atoms with E-state index in [0.29, 0.717) is 6.42 Å². The molecule has 7 heteroatoms. The van der Waals surface area contributed by atoms with Crippen molar-refractivity contribution in [1.29, 1.82) is 0 Å². The van der Waals surface area contributed by atoms with Crippen molar-refractivity contribution in [1.82, 2.24) is 10.2 Å². The Morgan fingerprint density at radius 2 is 1.87 bits per heavy atom. The van der Waals surface area contributed by atoms with Gasteiger partial charge in [-0.25, -0.2) is 0 Å². The number of fused-ring (bicyclic) bond motifs is 1. The fraction of sp³-hybridized carbons (Fsp3) is 0.783. The number of nitrogens with zero attached hydrogens (tertiary/aromatic N) is 1. The van der Waals surface area contributed by atoms with Gasteiger partial charge in [0.25, 0.3) is 0 Å². The summed E-state index contributed by atoms with van der Waals surface area (Å²) in [4.78, 5) is 41.4. The molecule has 0 saturated carbocycles. The molecule has 30 heavy (non-hydrogen) atoms. The van der Waals surface area contributed by atoms with Gasteiger partial charge in [0.2, 0.25) is 11.8 Å². The van der Waals surface area contributed by atoms with E-state index in [1.165, 1.54) is 4.90 Å². The molecule has 0 aromatic carbocycles. The molecule has 2 amide bonds. The minimum atomic E-state index is -0.771. The molecule has 1 heterocycles. The number of rotatable bonds is 7. The molecule has 6 atom stereocenters. The summed E-state index contributed by atoms with van der Waals surface area (Å²) in [7, 11) is 0. The van der Waals surface area contributed by atoms with Crippen LogP contribution in [0.1, 0.15) is 54.9 Å². The third kappa shape index (κ3) is 4.71. The number of allylic oxidation sites excluding steroid dienone is 1. The standard InChI is InChI=1S/C23H38N2O5/c1-8-14-10-11-15-18(17(14)22(29)30-9-2)21(28)25(16(12-26)13(3)4)19(15)20(27)24-23(5,6)7/h10-11,13-19,26H,8-9,12H2,1-7H3,(H,24,27)/t14-,15+,16+,17-,18+,19+/m1/s1. The van der Waals surface area contributed by atoms with E-state index in [4.69, 9.17) is 4.74 Å². The average Bonchev–Trinajstić information content (AvgIpc) is 2.93. The summed E-state index contributed by atoms with van der Waals surface area (Å²) < 4.78 is 5.32. The number of aliphatic hydroxyl groups excluding tert-OH is 1. The van der Waals surface area contributed by atoms with Crippen molar-refractivity contribution in [2.75, 3.05) is 13.2 Å². The lowest BCUT2D eigenvalue weighted by Gasteiger charge is -2.36. The van der Waals surface area contributed by atoms with Gasteiger partial charge in [0, 0.05) is 11.5 Å². The number of carbonyl (C=O) groups is 3. The normalized spacial score (nSPS) is 29.7. The molecule has 0 spiro atoms. The van der Waals surface area contributed by atoms with Gasteiger partial charge in [-0.2, -0.15) is 0 Å². The first-order valence-corrected chi connectivity index (χ1v) is 11.1. The van der Waals surface area contributed by atoms with E-state index in [-0.39, 0.29) is 42.8 Å². The molecule has 1 fully saturated rings. The van der Waals surface area contributed by atoms with Gasteiger partial charge in [-0.3, -0.25) is 14.4 Å². The van der Waals surface area contributed by atoms with Crippen molar-refractivity contribution in [3.63, 3.8) is 0 Å². The number of ether oxygens (including phenoxy) is 1. The highest BCUT2D eigenvalue weighted by molar-refractivity contribution is 5.96. The predicted molar refractivity (Wildman–Crippen MR) is 114 cm³/mol.